The van der Waals surface area contributed by atoms with Crippen LogP contribution in [-0.2, 0) is 7.05 Å². The predicted molar refractivity (Wildman–Crippen MR) is 64.1 cm³/mol. The first-order chi connectivity index (χ1) is 8.59. The van der Waals surface area contributed by atoms with Gasteiger partial charge in [0.05, 0.1) is 22.3 Å². The van der Waals surface area contributed by atoms with Gasteiger partial charge in [0.2, 0.25) is 6.79 Å². The van der Waals surface area contributed by atoms with Crippen LogP contribution >= 0.6 is 11.6 Å². The number of halogens is 2. The lowest BCUT2D eigenvalue weighted by atomic mass is 10.1. The highest BCUT2D eigenvalue weighted by molar-refractivity contribution is 6.31. The van der Waals surface area contributed by atoms with Crippen molar-refractivity contribution in [2.45, 2.75) is 0 Å². The van der Waals surface area contributed by atoms with E-state index in [9.17, 15) is 4.39 Å². The lowest BCUT2D eigenvalue weighted by molar-refractivity contribution is 0.174. The molecule has 0 radical (unpaired) electrons. The lowest BCUT2D eigenvalue weighted by Gasteiger charge is -2.08. The van der Waals surface area contributed by atoms with E-state index in [4.69, 9.17) is 26.8 Å². The van der Waals surface area contributed by atoms with Gasteiger partial charge in [0.25, 0.3) is 0 Å². The maximum atomic E-state index is 14.2. The van der Waals surface area contributed by atoms with E-state index in [1.165, 1.54) is 16.9 Å². The summed E-state index contributed by atoms with van der Waals surface area (Å²) in [6.45, 7) is 0.0300. The van der Waals surface area contributed by atoms with E-state index in [0.29, 0.717) is 22.9 Å². The van der Waals surface area contributed by atoms with Crippen molar-refractivity contribution in [3.8, 4) is 22.6 Å². The minimum absolute atomic E-state index is 0.0300. The molecule has 2 heterocycles. The van der Waals surface area contributed by atoms with E-state index >= 15 is 0 Å². The summed E-state index contributed by atoms with van der Waals surface area (Å²) < 4.78 is 26.1. The second-order valence-corrected chi connectivity index (χ2v) is 4.26. The van der Waals surface area contributed by atoms with Crippen LogP contribution in [0.25, 0.3) is 11.1 Å². The highest BCUT2D eigenvalue weighted by Gasteiger charge is 2.27. The Kier molecular flexibility index (Phi) is 2.34. The molecule has 0 saturated heterocycles. The van der Waals surface area contributed by atoms with Crippen LogP contribution in [0.3, 0.4) is 0 Å². The number of nitrogens with two attached hydrogens (primary N) is 1. The van der Waals surface area contributed by atoms with Gasteiger partial charge < -0.3 is 15.2 Å². The molecule has 0 aliphatic carbocycles. The molecular formula is C11H9ClFN3O2. The predicted octanol–water partition coefficient (Wildman–Crippen LogP) is 2.19. The summed E-state index contributed by atoms with van der Waals surface area (Å²) in [6, 6.07) is 1.38. The summed E-state index contributed by atoms with van der Waals surface area (Å²) in [6.07, 6.45) is 1.46. The Balaban J connectivity index is 2.32. The minimum atomic E-state index is -0.597. The molecule has 1 aliphatic heterocycles. The first kappa shape index (κ1) is 11.2. The molecule has 1 aromatic heterocycles. The van der Waals surface area contributed by atoms with Crippen molar-refractivity contribution in [3.63, 3.8) is 0 Å². The third kappa shape index (κ3) is 1.42. The molecule has 0 bridgehead atoms. The van der Waals surface area contributed by atoms with Crippen molar-refractivity contribution >= 4 is 17.4 Å². The van der Waals surface area contributed by atoms with Crippen LogP contribution in [0.5, 0.6) is 11.5 Å². The maximum Gasteiger partial charge on any atom is 0.231 e. The molecule has 5 nitrogen and oxygen atoms in total. The molecule has 3 rings (SSSR count). The molecule has 0 unspecified atom stereocenters. The van der Waals surface area contributed by atoms with Gasteiger partial charge in [-0.2, -0.15) is 5.10 Å². The first-order valence-corrected chi connectivity index (χ1v) is 5.53. The molecule has 7 heteroatoms. The molecular weight excluding hydrogens is 261 g/mol. The number of rotatable bonds is 1. The van der Waals surface area contributed by atoms with Crippen molar-refractivity contribution in [1.82, 2.24) is 9.78 Å². The minimum Gasteiger partial charge on any atom is -0.454 e. The summed E-state index contributed by atoms with van der Waals surface area (Å²) in [5.74, 6) is 0.436. The molecule has 1 aliphatic rings. The average Bonchev–Trinajstić information content (AvgIpc) is 2.91. The molecule has 0 fully saturated rings. The summed E-state index contributed by atoms with van der Waals surface area (Å²) >= 11 is 5.83. The van der Waals surface area contributed by atoms with Crippen molar-refractivity contribution in [2.24, 2.45) is 7.05 Å². The largest absolute Gasteiger partial charge is 0.454 e. The highest BCUT2D eigenvalue weighted by Crippen LogP contribution is 2.47. The molecule has 0 spiro atoms. The topological polar surface area (TPSA) is 62.3 Å². The monoisotopic (exact) mass is 269 g/mol. The van der Waals surface area contributed by atoms with Gasteiger partial charge in [-0.05, 0) is 0 Å². The highest BCUT2D eigenvalue weighted by atomic mass is 35.5. The summed E-state index contributed by atoms with van der Waals surface area (Å²) in [5.41, 5.74) is 6.45. The van der Waals surface area contributed by atoms with E-state index in [0.717, 1.165) is 0 Å². The van der Waals surface area contributed by atoms with E-state index in [-0.39, 0.29) is 17.4 Å². The molecule has 0 saturated carbocycles. The van der Waals surface area contributed by atoms with Crippen molar-refractivity contribution in [2.75, 3.05) is 12.5 Å². The van der Waals surface area contributed by atoms with E-state index in [1.807, 2.05) is 0 Å². The number of hydrogen-bond donors (Lipinski definition) is 1. The van der Waals surface area contributed by atoms with Gasteiger partial charge in [0, 0.05) is 13.1 Å². The summed E-state index contributed by atoms with van der Waals surface area (Å²) in [5, 5.41) is 3.93. The van der Waals surface area contributed by atoms with Gasteiger partial charge in [0.1, 0.15) is 5.82 Å². The second-order valence-electron chi connectivity index (χ2n) is 3.85. The number of fused-ring (bicyclic) bond motifs is 1. The number of nitrogen functional groups attached to an aromatic ring is 1. The van der Waals surface area contributed by atoms with Gasteiger partial charge in [-0.1, -0.05) is 11.6 Å². The number of ether oxygens (including phenoxy) is 2. The van der Waals surface area contributed by atoms with Gasteiger partial charge in [-0.15, -0.1) is 0 Å². The Hall–Kier alpha value is -1.95. The van der Waals surface area contributed by atoms with Gasteiger partial charge in [-0.25, -0.2) is 4.39 Å². The fourth-order valence-corrected chi connectivity index (χ4v) is 2.06. The van der Waals surface area contributed by atoms with Gasteiger partial charge >= 0.3 is 0 Å². The third-order valence-electron chi connectivity index (χ3n) is 2.81. The first-order valence-electron chi connectivity index (χ1n) is 5.15. The Bertz CT molecular complexity index is 642. The van der Waals surface area contributed by atoms with E-state index in [1.54, 1.807) is 7.05 Å². The average molecular weight is 270 g/mol. The van der Waals surface area contributed by atoms with Crippen molar-refractivity contribution < 1.29 is 13.9 Å². The van der Waals surface area contributed by atoms with E-state index in [2.05, 4.69) is 5.10 Å². The zero-order valence-corrected chi connectivity index (χ0v) is 10.2. The normalized spacial score (nSPS) is 13.1. The molecule has 2 N–H and O–H groups in total. The fraction of sp³-hybridized carbons (Fsp3) is 0.182. The van der Waals surface area contributed by atoms with Crippen LogP contribution in [0, 0.1) is 5.82 Å². The summed E-state index contributed by atoms with van der Waals surface area (Å²) in [7, 11) is 1.67. The summed E-state index contributed by atoms with van der Waals surface area (Å²) in [4.78, 5) is 0. The molecule has 94 valence electrons. The van der Waals surface area contributed by atoms with Crippen molar-refractivity contribution in [3.05, 3.63) is 23.1 Å². The molecule has 18 heavy (non-hydrogen) atoms. The van der Waals surface area contributed by atoms with Gasteiger partial charge in [0.15, 0.2) is 17.3 Å². The lowest BCUT2D eigenvalue weighted by Crippen LogP contribution is -1.99. The van der Waals surface area contributed by atoms with Crippen molar-refractivity contribution in [1.29, 1.82) is 0 Å². The third-order valence-corrected chi connectivity index (χ3v) is 3.08. The standard InChI is InChI=1S/C11H9ClFN3O2/c1-16-11(14)5(3-15-16)8-9(13)6(12)2-7-10(8)18-4-17-7/h2-3H,4,14H2,1H3. The molecule has 1 aromatic carbocycles. The Morgan fingerprint density at radius 2 is 2.28 bits per heavy atom. The Morgan fingerprint density at radius 3 is 2.94 bits per heavy atom. The molecule has 0 atom stereocenters. The number of aryl methyl sites for hydroxylation is 1. The number of anilines is 1. The Labute approximate surface area is 107 Å². The van der Waals surface area contributed by atoms with E-state index < -0.39 is 5.82 Å². The quantitative estimate of drug-likeness (QED) is 0.862. The van der Waals surface area contributed by atoms with Crippen LogP contribution in [0.15, 0.2) is 12.3 Å². The fourth-order valence-electron chi connectivity index (χ4n) is 1.87. The number of benzene rings is 1. The Morgan fingerprint density at radius 1 is 1.50 bits per heavy atom. The van der Waals surface area contributed by atoms with Gasteiger partial charge in [-0.3, -0.25) is 4.68 Å². The zero-order chi connectivity index (χ0) is 12.9. The smallest absolute Gasteiger partial charge is 0.231 e. The number of aromatic nitrogens is 2. The zero-order valence-electron chi connectivity index (χ0n) is 9.41. The van der Waals surface area contributed by atoms with Crippen LogP contribution in [0.1, 0.15) is 0 Å². The van der Waals surface area contributed by atoms with Crippen LogP contribution < -0.4 is 15.2 Å². The molecule has 0 amide bonds. The number of nitrogens with zero attached hydrogens (tertiary/aromatic N) is 2. The maximum absolute atomic E-state index is 14.2. The molecule has 2 aromatic rings. The van der Waals surface area contributed by atoms with Crippen LogP contribution in [0.4, 0.5) is 10.2 Å². The van der Waals surface area contributed by atoms with Crippen LogP contribution in [-0.4, -0.2) is 16.6 Å². The second kappa shape index (κ2) is 3.78. The number of hydrogen-bond acceptors (Lipinski definition) is 4. The van der Waals surface area contributed by atoms with Crippen LogP contribution in [0.2, 0.25) is 5.02 Å². The SMILES string of the molecule is Cn1ncc(-c2c(F)c(Cl)cc3c2OCO3)c1N.